The van der Waals surface area contributed by atoms with Crippen LogP contribution in [-0.4, -0.2) is 24.0 Å². The Morgan fingerprint density at radius 1 is 1.11 bits per heavy atom. The summed E-state index contributed by atoms with van der Waals surface area (Å²) in [5.74, 6) is 6.25. The van der Waals surface area contributed by atoms with Gasteiger partial charge in [0.2, 0.25) is 0 Å². The van der Waals surface area contributed by atoms with Crippen molar-refractivity contribution in [2.24, 2.45) is 0 Å². The third kappa shape index (κ3) is 4.50. The highest BCUT2D eigenvalue weighted by Crippen LogP contribution is 2.07. The summed E-state index contributed by atoms with van der Waals surface area (Å²) >= 11 is 0. The average Bonchev–Trinajstić information content (AvgIpc) is 2.39. The first kappa shape index (κ1) is 14.7. The van der Waals surface area contributed by atoms with Gasteiger partial charge in [0.05, 0.1) is 6.04 Å². The molecular formula is C16H22FN. The molecule has 1 atom stereocenters. The third-order valence-corrected chi connectivity index (χ3v) is 3.04. The summed E-state index contributed by atoms with van der Waals surface area (Å²) in [7, 11) is 0. The minimum Gasteiger partial charge on any atom is -0.290 e. The van der Waals surface area contributed by atoms with Gasteiger partial charge in [0.25, 0.3) is 0 Å². The van der Waals surface area contributed by atoms with Crippen molar-refractivity contribution in [2.75, 3.05) is 13.1 Å². The van der Waals surface area contributed by atoms with E-state index in [1.807, 2.05) is 0 Å². The SMILES string of the molecule is CCCC(C#Cc1ccc(F)cc1)N(CC)CC. The second-order valence-electron chi connectivity index (χ2n) is 4.30. The number of rotatable bonds is 5. The minimum absolute atomic E-state index is 0.214. The summed E-state index contributed by atoms with van der Waals surface area (Å²) in [5, 5.41) is 0. The Balaban J connectivity index is 2.80. The van der Waals surface area contributed by atoms with E-state index in [2.05, 4.69) is 37.5 Å². The number of nitrogens with zero attached hydrogens (tertiary/aromatic N) is 1. The van der Waals surface area contributed by atoms with Gasteiger partial charge in [-0.1, -0.05) is 39.0 Å². The molecule has 0 saturated heterocycles. The van der Waals surface area contributed by atoms with Gasteiger partial charge in [-0.15, -0.1) is 0 Å². The molecule has 1 unspecified atom stereocenters. The molecule has 1 aromatic rings. The predicted molar refractivity (Wildman–Crippen MR) is 74.9 cm³/mol. The van der Waals surface area contributed by atoms with E-state index in [-0.39, 0.29) is 5.82 Å². The van der Waals surface area contributed by atoms with Gasteiger partial charge in [-0.3, -0.25) is 4.90 Å². The van der Waals surface area contributed by atoms with Crippen molar-refractivity contribution in [3.05, 3.63) is 35.6 Å². The molecule has 0 saturated carbocycles. The monoisotopic (exact) mass is 247 g/mol. The molecule has 1 nitrogen and oxygen atoms in total. The molecule has 0 radical (unpaired) electrons. The van der Waals surface area contributed by atoms with Crippen LogP contribution in [0, 0.1) is 17.7 Å². The molecular weight excluding hydrogens is 225 g/mol. The van der Waals surface area contributed by atoms with E-state index in [1.165, 1.54) is 12.1 Å². The van der Waals surface area contributed by atoms with E-state index in [9.17, 15) is 4.39 Å². The molecule has 98 valence electrons. The zero-order valence-corrected chi connectivity index (χ0v) is 11.5. The first-order chi connectivity index (χ1) is 8.71. The molecule has 0 aliphatic heterocycles. The molecule has 0 aromatic heterocycles. The molecule has 2 heteroatoms. The van der Waals surface area contributed by atoms with Crippen LogP contribution in [0.3, 0.4) is 0 Å². The summed E-state index contributed by atoms with van der Waals surface area (Å²) in [6, 6.07) is 6.67. The van der Waals surface area contributed by atoms with E-state index in [0.29, 0.717) is 6.04 Å². The standard InChI is InChI=1S/C16H22FN/c1-4-7-16(18(5-2)6-3)13-10-14-8-11-15(17)12-9-14/h8-9,11-12,16H,4-7H2,1-3H3. The second-order valence-corrected chi connectivity index (χ2v) is 4.30. The van der Waals surface area contributed by atoms with Gasteiger partial charge in [-0.2, -0.15) is 0 Å². The van der Waals surface area contributed by atoms with Crippen LogP contribution >= 0.6 is 0 Å². The Hall–Kier alpha value is -1.33. The summed E-state index contributed by atoms with van der Waals surface area (Å²) in [6.07, 6.45) is 2.20. The highest BCUT2D eigenvalue weighted by Gasteiger charge is 2.11. The van der Waals surface area contributed by atoms with Crippen LogP contribution in [0.5, 0.6) is 0 Å². The van der Waals surface area contributed by atoms with Crippen molar-refractivity contribution in [1.82, 2.24) is 4.90 Å². The Morgan fingerprint density at radius 3 is 2.22 bits per heavy atom. The maximum absolute atomic E-state index is 12.8. The lowest BCUT2D eigenvalue weighted by Crippen LogP contribution is -2.33. The first-order valence-corrected chi connectivity index (χ1v) is 6.72. The fourth-order valence-corrected chi connectivity index (χ4v) is 1.98. The normalized spacial score (nSPS) is 12.1. The van der Waals surface area contributed by atoms with Gasteiger partial charge < -0.3 is 0 Å². The van der Waals surface area contributed by atoms with Crippen molar-refractivity contribution in [3.63, 3.8) is 0 Å². The van der Waals surface area contributed by atoms with Crippen LogP contribution < -0.4 is 0 Å². The zero-order valence-electron chi connectivity index (χ0n) is 11.5. The van der Waals surface area contributed by atoms with E-state index in [1.54, 1.807) is 12.1 Å². The number of hydrogen-bond acceptors (Lipinski definition) is 1. The van der Waals surface area contributed by atoms with Crippen molar-refractivity contribution in [3.8, 4) is 11.8 Å². The Labute approximate surface area is 110 Å². The Kier molecular flexibility index (Phi) is 6.46. The predicted octanol–water partition coefficient (Wildman–Crippen LogP) is 3.69. The third-order valence-electron chi connectivity index (χ3n) is 3.04. The zero-order chi connectivity index (χ0) is 13.4. The maximum atomic E-state index is 12.8. The number of hydrogen-bond donors (Lipinski definition) is 0. The smallest absolute Gasteiger partial charge is 0.123 e. The van der Waals surface area contributed by atoms with E-state index in [0.717, 1.165) is 31.5 Å². The fourth-order valence-electron chi connectivity index (χ4n) is 1.98. The lowest BCUT2D eigenvalue weighted by Gasteiger charge is -2.24. The molecule has 0 heterocycles. The molecule has 0 amide bonds. The highest BCUT2D eigenvalue weighted by atomic mass is 19.1. The lowest BCUT2D eigenvalue weighted by molar-refractivity contribution is 0.250. The van der Waals surface area contributed by atoms with E-state index in [4.69, 9.17) is 0 Å². The Morgan fingerprint density at radius 2 is 1.72 bits per heavy atom. The minimum atomic E-state index is -0.214. The Bertz CT molecular complexity index is 395. The molecule has 0 aliphatic rings. The van der Waals surface area contributed by atoms with E-state index >= 15 is 0 Å². The topological polar surface area (TPSA) is 3.24 Å². The van der Waals surface area contributed by atoms with Crippen LogP contribution in [0.1, 0.15) is 39.2 Å². The van der Waals surface area contributed by atoms with Crippen LogP contribution in [0.4, 0.5) is 4.39 Å². The van der Waals surface area contributed by atoms with Crippen LogP contribution in [0.15, 0.2) is 24.3 Å². The molecule has 18 heavy (non-hydrogen) atoms. The fraction of sp³-hybridized carbons (Fsp3) is 0.500. The molecule has 0 N–H and O–H groups in total. The van der Waals surface area contributed by atoms with Gasteiger partial charge in [0.1, 0.15) is 5.82 Å². The quantitative estimate of drug-likeness (QED) is 0.717. The van der Waals surface area contributed by atoms with Gasteiger partial charge in [-0.05, 0) is 43.8 Å². The molecule has 0 aliphatic carbocycles. The molecule has 0 bridgehead atoms. The van der Waals surface area contributed by atoms with Gasteiger partial charge in [0, 0.05) is 5.56 Å². The van der Waals surface area contributed by atoms with Crippen molar-refractivity contribution in [1.29, 1.82) is 0 Å². The first-order valence-electron chi connectivity index (χ1n) is 6.72. The van der Waals surface area contributed by atoms with Gasteiger partial charge in [0.15, 0.2) is 0 Å². The molecule has 1 rings (SSSR count). The molecule has 0 fully saturated rings. The summed E-state index contributed by atoms with van der Waals surface area (Å²) in [4.78, 5) is 2.36. The largest absolute Gasteiger partial charge is 0.290 e. The number of halogens is 1. The second kappa shape index (κ2) is 7.89. The molecule has 0 spiro atoms. The van der Waals surface area contributed by atoms with E-state index < -0.39 is 0 Å². The summed E-state index contributed by atoms with van der Waals surface area (Å²) in [6.45, 7) is 8.52. The van der Waals surface area contributed by atoms with Crippen LogP contribution in [0.25, 0.3) is 0 Å². The van der Waals surface area contributed by atoms with Crippen molar-refractivity contribution in [2.45, 2.75) is 39.7 Å². The van der Waals surface area contributed by atoms with Crippen molar-refractivity contribution < 1.29 is 4.39 Å². The van der Waals surface area contributed by atoms with Crippen LogP contribution in [0.2, 0.25) is 0 Å². The van der Waals surface area contributed by atoms with Crippen LogP contribution in [-0.2, 0) is 0 Å². The summed E-state index contributed by atoms with van der Waals surface area (Å²) < 4.78 is 12.8. The van der Waals surface area contributed by atoms with Crippen molar-refractivity contribution >= 4 is 0 Å². The van der Waals surface area contributed by atoms with Gasteiger partial charge in [-0.25, -0.2) is 4.39 Å². The van der Waals surface area contributed by atoms with Gasteiger partial charge >= 0.3 is 0 Å². The number of benzene rings is 1. The highest BCUT2D eigenvalue weighted by molar-refractivity contribution is 5.35. The summed E-state index contributed by atoms with van der Waals surface area (Å²) in [5.41, 5.74) is 0.879. The lowest BCUT2D eigenvalue weighted by atomic mass is 10.1. The molecule has 1 aromatic carbocycles. The average molecular weight is 247 g/mol. The maximum Gasteiger partial charge on any atom is 0.123 e.